The van der Waals surface area contributed by atoms with E-state index in [1.165, 1.54) is 6.07 Å². The molecule has 2 aliphatic heterocycles. The lowest BCUT2D eigenvalue weighted by molar-refractivity contribution is -0.140. The molecule has 1 aromatic rings. The summed E-state index contributed by atoms with van der Waals surface area (Å²) >= 11 is 0. The van der Waals surface area contributed by atoms with E-state index in [4.69, 9.17) is 4.74 Å². The number of nitrogens with zero attached hydrogens (tertiary/aromatic N) is 3. The highest BCUT2D eigenvalue weighted by Gasteiger charge is 2.29. The smallest absolute Gasteiger partial charge is 0.223 e. The number of rotatable bonds is 3. The molecule has 1 aromatic heterocycles. The first-order valence-electron chi connectivity index (χ1n) is 8.79. The van der Waals surface area contributed by atoms with Crippen molar-refractivity contribution < 1.29 is 13.9 Å². The van der Waals surface area contributed by atoms with Crippen LogP contribution < -0.4 is 4.90 Å². The van der Waals surface area contributed by atoms with E-state index < -0.39 is 0 Å². The molecule has 1 amide bonds. The van der Waals surface area contributed by atoms with Crippen LogP contribution in [0, 0.1) is 18.7 Å². The monoisotopic (exact) mass is 335 g/mol. The lowest BCUT2D eigenvalue weighted by Gasteiger charge is -2.37. The van der Waals surface area contributed by atoms with Gasteiger partial charge in [0.15, 0.2) is 11.6 Å². The minimum atomic E-state index is -0.274. The van der Waals surface area contributed by atoms with Gasteiger partial charge in [-0.3, -0.25) is 4.79 Å². The summed E-state index contributed by atoms with van der Waals surface area (Å²) in [5, 5.41) is 0. The Kier molecular flexibility index (Phi) is 5.33. The average Bonchev–Trinajstić information content (AvgIpc) is 2.55. The number of pyridine rings is 1. The van der Waals surface area contributed by atoms with Gasteiger partial charge in [0.2, 0.25) is 5.91 Å². The summed E-state index contributed by atoms with van der Waals surface area (Å²) in [6.07, 6.45) is 4.19. The normalized spacial score (nSPS) is 25.0. The fourth-order valence-electron chi connectivity index (χ4n) is 3.64. The number of hydrogen-bond acceptors (Lipinski definition) is 4. The molecule has 2 atom stereocenters. The minimum Gasteiger partial charge on any atom is -0.377 e. The average molecular weight is 335 g/mol. The zero-order valence-corrected chi connectivity index (χ0v) is 14.5. The highest BCUT2D eigenvalue weighted by Crippen LogP contribution is 2.26. The number of carbonyl (C=O) groups is 1. The molecule has 0 saturated carbocycles. The molecule has 3 heterocycles. The van der Waals surface area contributed by atoms with Crippen LogP contribution in [0.25, 0.3) is 0 Å². The number of piperidine rings is 1. The third-order valence-electron chi connectivity index (χ3n) is 4.93. The van der Waals surface area contributed by atoms with Crippen molar-refractivity contribution >= 4 is 11.7 Å². The number of anilines is 1. The van der Waals surface area contributed by atoms with Crippen molar-refractivity contribution in [2.24, 2.45) is 5.92 Å². The van der Waals surface area contributed by atoms with E-state index in [1.54, 1.807) is 6.20 Å². The molecule has 0 aliphatic carbocycles. The molecule has 0 bridgehead atoms. The van der Waals surface area contributed by atoms with Crippen LogP contribution >= 0.6 is 0 Å². The highest BCUT2D eigenvalue weighted by molar-refractivity contribution is 5.77. The summed E-state index contributed by atoms with van der Waals surface area (Å²) in [5.41, 5.74) is 0.821. The van der Waals surface area contributed by atoms with Gasteiger partial charge in [0.1, 0.15) is 0 Å². The summed E-state index contributed by atoms with van der Waals surface area (Å²) in [6.45, 7) is 7.25. The van der Waals surface area contributed by atoms with E-state index in [-0.39, 0.29) is 23.7 Å². The van der Waals surface area contributed by atoms with Crippen molar-refractivity contribution in [1.82, 2.24) is 9.88 Å². The molecule has 0 radical (unpaired) electrons. The molecule has 3 rings (SSSR count). The fourth-order valence-corrected chi connectivity index (χ4v) is 3.64. The standard InChI is InChI=1S/C18H26FN3O2/c1-13-8-16(19)18(20-10-13)21-5-3-4-15(11-21)9-17(23)22-6-7-24-12-14(22)2/h8,10,14-15H,3-7,9,11-12H2,1-2H3. The van der Waals surface area contributed by atoms with E-state index in [9.17, 15) is 9.18 Å². The minimum absolute atomic E-state index is 0.141. The summed E-state index contributed by atoms with van der Waals surface area (Å²) in [5.74, 6) is 0.583. The molecule has 2 fully saturated rings. The first-order chi connectivity index (χ1) is 11.5. The molecule has 2 saturated heterocycles. The third-order valence-corrected chi connectivity index (χ3v) is 4.93. The number of ether oxygens (including phenoxy) is 1. The number of halogens is 1. The maximum atomic E-state index is 14.2. The van der Waals surface area contributed by atoms with Crippen molar-refractivity contribution in [3.63, 3.8) is 0 Å². The van der Waals surface area contributed by atoms with Crippen LogP contribution in [0.3, 0.4) is 0 Å². The van der Waals surface area contributed by atoms with Gasteiger partial charge in [-0.2, -0.15) is 0 Å². The Balaban J connectivity index is 1.62. The first-order valence-corrected chi connectivity index (χ1v) is 8.79. The molecule has 2 unspecified atom stereocenters. The number of aryl methyl sites for hydroxylation is 1. The second kappa shape index (κ2) is 7.47. The highest BCUT2D eigenvalue weighted by atomic mass is 19.1. The molecule has 24 heavy (non-hydrogen) atoms. The van der Waals surface area contributed by atoms with Crippen LogP contribution in [-0.4, -0.2) is 54.7 Å². The molecule has 0 aromatic carbocycles. The van der Waals surface area contributed by atoms with Crippen molar-refractivity contribution in [2.45, 2.75) is 39.2 Å². The van der Waals surface area contributed by atoms with E-state index in [2.05, 4.69) is 4.98 Å². The zero-order chi connectivity index (χ0) is 17.1. The summed E-state index contributed by atoms with van der Waals surface area (Å²) < 4.78 is 19.6. The summed E-state index contributed by atoms with van der Waals surface area (Å²) in [4.78, 5) is 20.8. The number of amides is 1. The quantitative estimate of drug-likeness (QED) is 0.851. The number of carbonyl (C=O) groups excluding carboxylic acids is 1. The van der Waals surface area contributed by atoms with Gasteiger partial charge < -0.3 is 14.5 Å². The molecular weight excluding hydrogens is 309 g/mol. The number of hydrogen-bond donors (Lipinski definition) is 0. The van der Waals surface area contributed by atoms with E-state index in [1.807, 2.05) is 23.6 Å². The lowest BCUT2D eigenvalue weighted by atomic mass is 9.93. The Bertz CT molecular complexity index is 596. The van der Waals surface area contributed by atoms with Gasteiger partial charge in [-0.25, -0.2) is 9.37 Å². The molecule has 6 heteroatoms. The maximum absolute atomic E-state index is 14.2. The number of aromatic nitrogens is 1. The molecule has 2 aliphatic rings. The van der Waals surface area contributed by atoms with Crippen LogP contribution in [0.5, 0.6) is 0 Å². The molecule has 0 spiro atoms. The van der Waals surface area contributed by atoms with E-state index in [0.29, 0.717) is 38.5 Å². The van der Waals surface area contributed by atoms with Crippen LogP contribution in [0.4, 0.5) is 10.2 Å². The Labute approximate surface area is 142 Å². The molecule has 5 nitrogen and oxygen atoms in total. The molecular formula is C18H26FN3O2. The second-order valence-electron chi connectivity index (χ2n) is 6.99. The van der Waals surface area contributed by atoms with Gasteiger partial charge in [-0.05, 0) is 44.2 Å². The maximum Gasteiger partial charge on any atom is 0.223 e. The molecule has 132 valence electrons. The SMILES string of the molecule is Cc1cnc(N2CCCC(CC(=O)N3CCOCC3C)C2)c(F)c1. The second-order valence-corrected chi connectivity index (χ2v) is 6.99. The predicted molar refractivity (Wildman–Crippen MR) is 90.5 cm³/mol. The van der Waals surface area contributed by atoms with Crippen molar-refractivity contribution in [1.29, 1.82) is 0 Å². The van der Waals surface area contributed by atoms with Crippen LogP contribution in [0.2, 0.25) is 0 Å². The zero-order valence-electron chi connectivity index (χ0n) is 14.5. The Morgan fingerprint density at radius 1 is 1.46 bits per heavy atom. The van der Waals surface area contributed by atoms with E-state index in [0.717, 1.165) is 24.9 Å². The Morgan fingerprint density at radius 2 is 2.29 bits per heavy atom. The largest absolute Gasteiger partial charge is 0.377 e. The summed E-state index contributed by atoms with van der Waals surface area (Å²) in [6, 6.07) is 1.66. The lowest BCUT2D eigenvalue weighted by Crippen LogP contribution is -2.48. The Hall–Kier alpha value is -1.69. The van der Waals surface area contributed by atoms with Crippen molar-refractivity contribution in [3.8, 4) is 0 Å². The fraction of sp³-hybridized carbons (Fsp3) is 0.667. The molecule has 0 N–H and O–H groups in total. The number of morpholine rings is 1. The topological polar surface area (TPSA) is 45.7 Å². The van der Waals surface area contributed by atoms with Gasteiger partial charge >= 0.3 is 0 Å². The van der Waals surface area contributed by atoms with Crippen LogP contribution in [0.1, 0.15) is 31.7 Å². The van der Waals surface area contributed by atoms with Crippen molar-refractivity contribution in [2.75, 3.05) is 37.7 Å². The predicted octanol–water partition coefficient (Wildman–Crippen LogP) is 2.38. The van der Waals surface area contributed by atoms with Gasteiger partial charge in [-0.15, -0.1) is 0 Å². The van der Waals surface area contributed by atoms with Crippen LogP contribution in [-0.2, 0) is 9.53 Å². The van der Waals surface area contributed by atoms with Gasteiger partial charge in [-0.1, -0.05) is 0 Å². The van der Waals surface area contributed by atoms with Crippen LogP contribution in [0.15, 0.2) is 12.3 Å². The first kappa shape index (κ1) is 17.1. The summed E-state index contributed by atoms with van der Waals surface area (Å²) in [7, 11) is 0. The van der Waals surface area contributed by atoms with E-state index >= 15 is 0 Å². The third kappa shape index (κ3) is 3.86. The van der Waals surface area contributed by atoms with Crippen molar-refractivity contribution in [3.05, 3.63) is 23.6 Å². The van der Waals surface area contributed by atoms with Gasteiger partial charge in [0, 0.05) is 32.3 Å². The van der Waals surface area contributed by atoms with Gasteiger partial charge in [0.05, 0.1) is 19.3 Å². The van der Waals surface area contributed by atoms with Gasteiger partial charge in [0.25, 0.3) is 0 Å². The Morgan fingerprint density at radius 3 is 3.04 bits per heavy atom.